The molecule has 0 unspecified atom stereocenters. The predicted octanol–water partition coefficient (Wildman–Crippen LogP) is -0.356. The van der Waals surface area contributed by atoms with Crippen molar-refractivity contribution in [2.45, 2.75) is 13.5 Å². The van der Waals surface area contributed by atoms with Gasteiger partial charge in [0, 0.05) is 18.7 Å². The lowest BCUT2D eigenvalue weighted by molar-refractivity contribution is 0.0939. The average molecular weight is 360 g/mol. The number of aromatic amines is 1. The van der Waals surface area contributed by atoms with E-state index in [1.807, 2.05) is 4.90 Å². The van der Waals surface area contributed by atoms with Crippen molar-refractivity contribution in [1.82, 2.24) is 25.3 Å². The second-order valence-electron chi connectivity index (χ2n) is 5.69. The Bertz CT molecular complexity index is 830. The van der Waals surface area contributed by atoms with Crippen LogP contribution in [0.1, 0.15) is 21.9 Å². The number of aromatic nitrogens is 4. The number of nitrogens with zero attached hydrogens (tertiary/aromatic N) is 4. The maximum atomic E-state index is 12.2. The third-order valence-electron chi connectivity index (χ3n) is 4.03. The van der Waals surface area contributed by atoms with Crippen molar-refractivity contribution in [3.8, 4) is 5.75 Å². The molecule has 2 aromatic heterocycles. The molecule has 0 radical (unpaired) electrons. The zero-order valence-electron chi connectivity index (χ0n) is 14.6. The van der Waals surface area contributed by atoms with Crippen molar-refractivity contribution in [3.05, 3.63) is 39.8 Å². The number of rotatable bonds is 5. The van der Waals surface area contributed by atoms with Crippen molar-refractivity contribution >= 4 is 11.9 Å². The van der Waals surface area contributed by atoms with E-state index >= 15 is 0 Å². The van der Waals surface area contributed by atoms with Crippen LogP contribution in [0.25, 0.3) is 0 Å². The standard InChI is InChI=1S/C16H20N6O4/c1-10-12(9-19-15(24)13-17-7-11(25-2)8-18-13)20-16(21-14(10)23)22-3-5-26-6-4-22/h7-8H,3-6,9H2,1-2H3,(H,19,24)(H,20,21,23). The van der Waals surface area contributed by atoms with Crippen LogP contribution in [0.5, 0.6) is 5.75 Å². The molecular formula is C16H20N6O4. The Kier molecular flexibility index (Phi) is 5.42. The molecule has 0 atom stereocenters. The summed E-state index contributed by atoms with van der Waals surface area (Å²) in [6, 6.07) is 0. The lowest BCUT2D eigenvalue weighted by Gasteiger charge is -2.27. The van der Waals surface area contributed by atoms with Crippen molar-refractivity contribution in [3.63, 3.8) is 0 Å². The lowest BCUT2D eigenvalue weighted by atomic mass is 10.2. The number of carbonyl (C=O) groups excluding carboxylic acids is 1. The van der Waals surface area contributed by atoms with Gasteiger partial charge in [-0.25, -0.2) is 15.0 Å². The van der Waals surface area contributed by atoms with E-state index in [0.717, 1.165) is 0 Å². The van der Waals surface area contributed by atoms with Gasteiger partial charge in [-0.15, -0.1) is 0 Å². The third kappa shape index (κ3) is 3.97. The van der Waals surface area contributed by atoms with Gasteiger partial charge in [0.25, 0.3) is 11.5 Å². The number of methoxy groups -OCH3 is 1. The molecule has 2 N–H and O–H groups in total. The Hall–Kier alpha value is -3.01. The quantitative estimate of drug-likeness (QED) is 0.741. The lowest BCUT2D eigenvalue weighted by Crippen LogP contribution is -2.39. The Balaban J connectivity index is 1.72. The van der Waals surface area contributed by atoms with Gasteiger partial charge in [-0.1, -0.05) is 0 Å². The molecule has 3 heterocycles. The summed E-state index contributed by atoms with van der Waals surface area (Å²) >= 11 is 0. The number of hydrogen-bond donors (Lipinski definition) is 2. The van der Waals surface area contributed by atoms with Crippen LogP contribution in [0.15, 0.2) is 17.2 Å². The summed E-state index contributed by atoms with van der Waals surface area (Å²) in [5.74, 6) is 0.501. The van der Waals surface area contributed by atoms with Gasteiger partial charge >= 0.3 is 0 Å². The Morgan fingerprint density at radius 2 is 2.04 bits per heavy atom. The highest BCUT2D eigenvalue weighted by atomic mass is 16.5. The highest BCUT2D eigenvalue weighted by molar-refractivity contribution is 5.90. The van der Waals surface area contributed by atoms with Crippen molar-refractivity contribution in [1.29, 1.82) is 0 Å². The fourth-order valence-electron chi connectivity index (χ4n) is 2.44. The van der Waals surface area contributed by atoms with Gasteiger partial charge in [-0.05, 0) is 6.92 Å². The number of ether oxygens (including phenoxy) is 2. The fourth-order valence-corrected chi connectivity index (χ4v) is 2.44. The topological polar surface area (TPSA) is 122 Å². The summed E-state index contributed by atoms with van der Waals surface area (Å²) in [7, 11) is 1.49. The molecule has 1 fully saturated rings. The monoisotopic (exact) mass is 360 g/mol. The molecule has 26 heavy (non-hydrogen) atoms. The zero-order chi connectivity index (χ0) is 18.5. The molecule has 0 aliphatic carbocycles. The zero-order valence-corrected chi connectivity index (χ0v) is 14.6. The Labute approximate surface area is 149 Å². The van der Waals surface area contributed by atoms with Gasteiger partial charge in [0.15, 0.2) is 5.75 Å². The number of H-pyrrole nitrogens is 1. The first-order valence-electron chi connectivity index (χ1n) is 8.15. The van der Waals surface area contributed by atoms with Gasteiger partial charge in [0.05, 0.1) is 45.0 Å². The van der Waals surface area contributed by atoms with Crippen molar-refractivity contribution in [2.24, 2.45) is 0 Å². The molecule has 1 aliphatic heterocycles. The second-order valence-corrected chi connectivity index (χ2v) is 5.69. The van der Waals surface area contributed by atoms with Crippen LogP contribution in [-0.2, 0) is 11.3 Å². The third-order valence-corrected chi connectivity index (χ3v) is 4.03. The first-order valence-corrected chi connectivity index (χ1v) is 8.15. The van der Waals surface area contributed by atoms with Crippen molar-refractivity contribution in [2.75, 3.05) is 38.3 Å². The average Bonchev–Trinajstić information content (AvgIpc) is 2.69. The van der Waals surface area contributed by atoms with Crippen molar-refractivity contribution < 1.29 is 14.3 Å². The maximum absolute atomic E-state index is 12.2. The number of hydrogen-bond acceptors (Lipinski definition) is 8. The number of nitrogens with one attached hydrogen (secondary N) is 2. The molecular weight excluding hydrogens is 340 g/mol. The number of amides is 1. The molecule has 0 spiro atoms. The minimum Gasteiger partial charge on any atom is -0.494 e. The molecule has 0 aromatic carbocycles. The molecule has 10 nitrogen and oxygen atoms in total. The summed E-state index contributed by atoms with van der Waals surface area (Å²) in [4.78, 5) is 41.4. The minimum absolute atomic E-state index is 0.0155. The highest BCUT2D eigenvalue weighted by Crippen LogP contribution is 2.10. The number of morpholine rings is 1. The summed E-state index contributed by atoms with van der Waals surface area (Å²) in [5, 5.41) is 2.69. The van der Waals surface area contributed by atoms with Crippen LogP contribution in [0, 0.1) is 6.92 Å². The summed E-state index contributed by atoms with van der Waals surface area (Å²) < 4.78 is 10.3. The molecule has 1 saturated heterocycles. The van der Waals surface area contributed by atoms with Gasteiger partial charge in [-0.2, -0.15) is 0 Å². The van der Waals surface area contributed by atoms with Gasteiger partial charge in [0.1, 0.15) is 0 Å². The largest absolute Gasteiger partial charge is 0.494 e. The van der Waals surface area contributed by atoms with Crippen LogP contribution in [0.2, 0.25) is 0 Å². The summed E-state index contributed by atoms with van der Waals surface area (Å²) in [6.45, 7) is 4.23. The smallest absolute Gasteiger partial charge is 0.289 e. The van der Waals surface area contributed by atoms with Gasteiger partial charge in [0.2, 0.25) is 11.8 Å². The van der Waals surface area contributed by atoms with Gasteiger partial charge in [-0.3, -0.25) is 14.6 Å². The van der Waals surface area contributed by atoms with E-state index in [2.05, 4.69) is 25.3 Å². The van der Waals surface area contributed by atoms with E-state index in [0.29, 0.717) is 49.3 Å². The molecule has 10 heteroatoms. The second kappa shape index (κ2) is 7.91. The number of anilines is 1. The molecule has 3 rings (SSSR count). The summed E-state index contributed by atoms with van der Waals surface area (Å²) in [6.07, 6.45) is 2.82. The molecule has 2 aromatic rings. The Morgan fingerprint density at radius 1 is 1.35 bits per heavy atom. The number of carbonyl (C=O) groups is 1. The minimum atomic E-state index is -0.456. The molecule has 1 amide bonds. The maximum Gasteiger partial charge on any atom is 0.289 e. The van der Waals surface area contributed by atoms with Crippen LogP contribution in [0.4, 0.5) is 5.95 Å². The normalized spacial score (nSPS) is 14.2. The Morgan fingerprint density at radius 3 is 2.69 bits per heavy atom. The van der Waals surface area contributed by atoms with Crippen LogP contribution < -0.4 is 20.5 Å². The van der Waals surface area contributed by atoms with Crippen LogP contribution >= 0.6 is 0 Å². The van der Waals surface area contributed by atoms with E-state index in [4.69, 9.17) is 9.47 Å². The van der Waals surface area contributed by atoms with Gasteiger partial charge < -0.3 is 19.7 Å². The predicted molar refractivity (Wildman–Crippen MR) is 92.4 cm³/mol. The molecule has 138 valence electrons. The van der Waals surface area contributed by atoms with E-state index in [1.165, 1.54) is 19.5 Å². The highest BCUT2D eigenvalue weighted by Gasteiger charge is 2.17. The first-order chi connectivity index (χ1) is 12.6. The molecule has 1 aliphatic rings. The van der Waals surface area contributed by atoms with E-state index in [9.17, 15) is 9.59 Å². The van der Waals surface area contributed by atoms with E-state index in [1.54, 1.807) is 6.92 Å². The van der Waals surface area contributed by atoms with E-state index in [-0.39, 0.29) is 17.9 Å². The SMILES string of the molecule is COc1cnc(C(=O)NCc2nc(N3CCOCC3)[nH]c(=O)c2C)nc1. The fraction of sp³-hybridized carbons (Fsp3) is 0.438. The van der Waals surface area contributed by atoms with Crippen LogP contribution in [0.3, 0.4) is 0 Å². The first kappa shape index (κ1) is 17.8. The van der Waals surface area contributed by atoms with Crippen LogP contribution in [-0.4, -0.2) is 59.3 Å². The van der Waals surface area contributed by atoms with E-state index < -0.39 is 5.91 Å². The molecule has 0 bridgehead atoms. The molecule has 0 saturated carbocycles. The summed E-state index contributed by atoms with van der Waals surface area (Å²) in [5.41, 5.74) is 0.724.